The van der Waals surface area contributed by atoms with Gasteiger partial charge in [0.05, 0.1) is 16.3 Å². The first-order valence-corrected chi connectivity index (χ1v) is 10.4. The maximum absolute atomic E-state index is 12.6. The summed E-state index contributed by atoms with van der Waals surface area (Å²) < 4.78 is 27.7. The Labute approximate surface area is 173 Å². The number of nitrogens with one attached hydrogen (secondary N) is 3. The summed E-state index contributed by atoms with van der Waals surface area (Å²) in [6.45, 7) is 5.38. The molecule has 10 heteroatoms. The lowest BCUT2D eigenvalue weighted by atomic mass is 10.1. The van der Waals surface area contributed by atoms with Crippen LogP contribution in [0.15, 0.2) is 47.4 Å². The van der Waals surface area contributed by atoms with Crippen molar-refractivity contribution in [2.24, 2.45) is 5.73 Å². The molecule has 0 atom stereocenters. The van der Waals surface area contributed by atoms with Gasteiger partial charge < -0.3 is 11.1 Å². The van der Waals surface area contributed by atoms with Gasteiger partial charge in [0.25, 0.3) is 21.8 Å². The number of rotatable bonds is 6. The molecule has 5 N–H and O–H groups in total. The Morgan fingerprint density at radius 3 is 2.27 bits per heavy atom. The molecule has 0 saturated carbocycles. The number of amides is 2. The topological polar surface area (TPSA) is 147 Å². The molecule has 0 fully saturated rings. The summed E-state index contributed by atoms with van der Waals surface area (Å²) in [5, 5.41) is 8.95. The van der Waals surface area contributed by atoms with Crippen molar-refractivity contribution in [2.75, 3.05) is 10.0 Å². The second-order valence-corrected chi connectivity index (χ2v) is 8.50. The number of aryl methyl sites for hydroxylation is 3. The number of sulfonamides is 1. The molecule has 0 spiro atoms. The molecule has 1 aromatic heterocycles. The number of aromatic amines is 1. The van der Waals surface area contributed by atoms with E-state index in [1.807, 2.05) is 13.8 Å². The predicted molar refractivity (Wildman–Crippen MR) is 113 cm³/mol. The van der Waals surface area contributed by atoms with E-state index in [1.165, 1.54) is 30.3 Å². The third kappa shape index (κ3) is 4.33. The first-order chi connectivity index (χ1) is 14.1. The van der Waals surface area contributed by atoms with Crippen LogP contribution in [0, 0.1) is 20.8 Å². The standard InChI is InChI=1S/C20H21N5O4S/c1-11-4-9-16(10-12(11)2)30(28,29)25-15-7-5-14(6-8-15)20(27)22-17-13(3)23-24-18(17)19(21)26/h4-10,25H,1-3H3,(H2,21,26)(H,22,27)(H,23,24). The molecule has 9 nitrogen and oxygen atoms in total. The Morgan fingerprint density at radius 1 is 1.00 bits per heavy atom. The Kier molecular flexibility index (Phi) is 5.61. The van der Waals surface area contributed by atoms with E-state index in [9.17, 15) is 18.0 Å². The predicted octanol–water partition coefficient (Wildman–Crippen LogP) is 2.49. The molecule has 3 aromatic rings. The summed E-state index contributed by atoms with van der Waals surface area (Å²) in [5.74, 6) is -1.27. The van der Waals surface area contributed by atoms with Gasteiger partial charge in [-0.1, -0.05) is 6.07 Å². The third-order valence-corrected chi connectivity index (χ3v) is 5.99. The first kappa shape index (κ1) is 21.1. The lowest BCUT2D eigenvalue weighted by Gasteiger charge is -2.11. The number of H-pyrrole nitrogens is 1. The second kappa shape index (κ2) is 7.99. The molecule has 0 bridgehead atoms. The van der Waals surface area contributed by atoms with E-state index < -0.39 is 21.8 Å². The van der Waals surface area contributed by atoms with Crippen molar-refractivity contribution >= 4 is 33.2 Å². The number of benzene rings is 2. The van der Waals surface area contributed by atoms with Gasteiger partial charge in [-0.3, -0.25) is 19.4 Å². The minimum absolute atomic E-state index is 0.0707. The molecule has 30 heavy (non-hydrogen) atoms. The molecule has 0 saturated heterocycles. The quantitative estimate of drug-likeness (QED) is 0.477. The van der Waals surface area contributed by atoms with E-state index in [0.717, 1.165) is 11.1 Å². The van der Waals surface area contributed by atoms with Crippen molar-refractivity contribution in [1.82, 2.24) is 10.2 Å². The second-order valence-electron chi connectivity index (χ2n) is 6.82. The largest absolute Gasteiger partial charge is 0.364 e. The van der Waals surface area contributed by atoms with Crippen LogP contribution in [0.1, 0.15) is 37.7 Å². The van der Waals surface area contributed by atoms with Crippen molar-refractivity contribution < 1.29 is 18.0 Å². The third-order valence-electron chi connectivity index (χ3n) is 4.61. The lowest BCUT2D eigenvalue weighted by Crippen LogP contribution is -2.18. The first-order valence-electron chi connectivity index (χ1n) is 8.95. The zero-order chi connectivity index (χ0) is 22.1. The molecule has 0 aliphatic heterocycles. The van der Waals surface area contributed by atoms with Crippen molar-refractivity contribution in [3.05, 3.63) is 70.5 Å². The van der Waals surface area contributed by atoms with Gasteiger partial charge in [-0.25, -0.2) is 8.42 Å². The maximum Gasteiger partial charge on any atom is 0.271 e. The van der Waals surface area contributed by atoms with Gasteiger partial charge in [0.15, 0.2) is 5.69 Å². The number of carbonyl (C=O) groups excluding carboxylic acids is 2. The highest BCUT2D eigenvalue weighted by Gasteiger charge is 2.19. The van der Waals surface area contributed by atoms with Crippen LogP contribution in [0.2, 0.25) is 0 Å². The van der Waals surface area contributed by atoms with Gasteiger partial charge in [0.1, 0.15) is 0 Å². The Bertz CT molecular complexity index is 1230. The highest BCUT2D eigenvalue weighted by atomic mass is 32.2. The molecule has 0 radical (unpaired) electrons. The summed E-state index contributed by atoms with van der Waals surface area (Å²) in [6, 6.07) is 10.8. The Hall–Kier alpha value is -3.66. The maximum atomic E-state index is 12.6. The molecule has 3 rings (SSSR count). The Morgan fingerprint density at radius 2 is 1.67 bits per heavy atom. The van der Waals surface area contributed by atoms with Crippen molar-refractivity contribution in [2.45, 2.75) is 25.7 Å². The minimum atomic E-state index is -3.76. The van der Waals surface area contributed by atoms with Crippen LogP contribution in [-0.4, -0.2) is 30.4 Å². The molecule has 0 aliphatic rings. The van der Waals surface area contributed by atoms with E-state index >= 15 is 0 Å². The summed E-state index contributed by atoms with van der Waals surface area (Å²) in [5.41, 5.74) is 8.30. The fourth-order valence-corrected chi connectivity index (χ4v) is 3.87. The van der Waals surface area contributed by atoms with E-state index in [1.54, 1.807) is 19.1 Å². The van der Waals surface area contributed by atoms with E-state index in [4.69, 9.17) is 5.73 Å². The van der Waals surface area contributed by atoms with Crippen LogP contribution < -0.4 is 15.8 Å². The number of anilines is 2. The smallest absolute Gasteiger partial charge is 0.271 e. The average Bonchev–Trinajstić information content (AvgIpc) is 3.04. The fourth-order valence-electron chi connectivity index (χ4n) is 2.73. The zero-order valence-corrected chi connectivity index (χ0v) is 17.4. The molecule has 0 unspecified atom stereocenters. The average molecular weight is 427 g/mol. The van der Waals surface area contributed by atoms with E-state index in [2.05, 4.69) is 20.2 Å². The van der Waals surface area contributed by atoms with Gasteiger partial charge in [0.2, 0.25) is 0 Å². The number of aromatic nitrogens is 2. The highest BCUT2D eigenvalue weighted by molar-refractivity contribution is 7.92. The summed E-state index contributed by atoms with van der Waals surface area (Å²) in [6.07, 6.45) is 0. The van der Waals surface area contributed by atoms with E-state index in [-0.39, 0.29) is 21.8 Å². The molecule has 0 aliphatic carbocycles. The summed E-state index contributed by atoms with van der Waals surface area (Å²) in [7, 11) is -3.76. The SMILES string of the molecule is Cc1ccc(S(=O)(=O)Nc2ccc(C(=O)Nc3c(C(N)=O)n[nH]c3C)cc2)cc1C. The Balaban J connectivity index is 1.76. The molecule has 1 heterocycles. The van der Waals surface area contributed by atoms with Crippen LogP contribution in [0.4, 0.5) is 11.4 Å². The molecule has 2 aromatic carbocycles. The summed E-state index contributed by atoms with van der Waals surface area (Å²) in [4.78, 5) is 24.0. The van der Waals surface area contributed by atoms with Crippen LogP contribution >= 0.6 is 0 Å². The van der Waals surface area contributed by atoms with Crippen LogP contribution in [-0.2, 0) is 10.0 Å². The number of nitrogens with zero attached hydrogens (tertiary/aromatic N) is 1. The van der Waals surface area contributed by atoms with Crippen LogP contribution in [0.3, 0.4) is 0 Å². The van der Waals surface area contributed by atoms with Gasteiger partial charge in [-0.05, 0) is 68.3 Å². The highest BCUT2D eigenvalue weighted by Crippen LogP contribution is 2.21. The van der Waals surface area contributed by atoms with Crippen molar-refractivity contribution in [1.29, 1.82) is 0 Å². The molecular weight excluding hydrogens is 406 g/mol. The summed E-state index contributed by atoms with van der Waals surface area (Å²) >= 11 is 0. The molecule has 2 amide bonds. The van der Waals surface area contributed by atoms with Crippen LogP contribution in [0.25, 0.3) is 0 Å². The lowest BCUT2D eigenvalue weighted by molar-refractivity contribution is 0.0996. The fraction of sp³-hybridized carbons (Fsp3) is 0.150. The number of hydrogen-bond donors (Lipinski definition) is 4. The van der Waals surface area contributed by atoms with Gasteiger partial charge >= 0.3 is 0 Å². The number of primary amides is 1. The number of nitrogens with two attached hydrogens (primary N) is 1. The minimum Gasteiger partial charge on any atom is -0.364 e. The number of hydrogen-bond acceptors (Lipinski definition) is 5. The molecule has 156 valence electrons. The normalized spacial score (nSPS) is 11.2. The molecular formula is C20H21N5O4S. The van der Waals surface area contributed by atoms with Crippen LogP contribution in [0.5, 0.6) is 0 Å². The van der Waals surface area contributed by atoms with Gasteiger partial charge in [-0.15, -0.1) is 0 Å². The monoisotopic (exact) mass is 427 g/mol. The number of carbonyl (C=O) groups is 2. The zero-order valence-electron chi connectivity index (χ0n) is 16.6. The van der Waals surface area contributed by atoms with Gasteiger partial charge in [0, 0.05) is 11.3 Å². The van der Waals surface area contributed by atoms with Crippen molar-refractivity contribution in [3.63, 3.8) is 0 Å². The van der Waals surface area contributed by atoms with E-state index in [0.29, 0.717) is 11.4 Å². The van der Waals surface area contributed by atoms with Gasteiger partial charge in [-0.2, -0.15) is 5.10 Å². The van der Waals surface area contributed by atoms with Crippen molar-refractivity contribution in [3.8, 4) is 0 Å².